The molecule has 11 heavy (non-hydrogen) atoms. The fourth-order valence-electron chi connectivity index (χ4n) is 0.871. The molecule has 0 amide bonds. The highest BCUT2D eigenvalue weighted by Gasteiger charge is 2.08. The number of aryl methyl sites for hydroxylation is 1. The topological polar surface area (TPSA) is 65.9 Å². The number of aromatic nitrogens is 3. The van der Waals surface area contributed by atoms with Gasteiger partial charge in [0.25, 0.3) is 0 Å². The van der Waals surface area contributed by atoms with Crippen molar-refractivity contribution in [2.24, 2.45) is 0 Å². The Morgan fingerprint density at radius 3 is 3.27 bits per heavy atom. The lowest BCUT2D eigenvalue weighted by Crippen LogP contribution is -2.22. The second-order valence-electron chi connectivity index (χ2n) is 2.29. The Morgan fingerprint density at radius 1 is 1.64 bits per heavy atom. The van der Waals surface area contributed by atoms with E-state index in [1.54, 1.807) is 12.3 Å². The Balaban J connectivity index is 2.87. The highest BCUT2D eigenvalue weighted by Crippen LogP contribution is 2.04. The van der Waals surface area contributed by atoms with Crippen LogP contribution in [0.4, 0.5) is 0 Å². The second kappa shape index (κ2) is 1.91. The van der Waals surface area contributed by atoms with Crippen LogP contribution in [0.3, 0.4) is 0 Å². The third-order valence-electron chi connectivity index (χ3n) is 1.38. The van der Waals surface area contributed by atoms with E-state index in [-0.39, 0.29) is 0 Å². The van der Waals surface area contributed by atoms with E-state index < -0.39 is 0 Å². The average Bonchev–Trinajstić information content (AvgIpc) is 2.33. The van der Waals surface area contributed by atoms with Gasteiger partial charge in [0.05, 0.1) is 5.16 Å². The third kappa shape index (κ3) is 0.813. The maximum Gasteiger partial charge on any atom is 0.340 e. The minimum atomic E-state index is 0.339. The molecule has 0 aliphatic heterocycles. The SMILES string of the molecule is Cc1cnc2no[n+]([O-])c2c1. The Bertz CT molecular complexity index is 396. The second-order valence-corrected chi connectivity index (χ2v) is 2.29. The summed E-state index contributed by atoms with van der Waals surface area (Å²) in [6.45, 7) is 1.85. The van der Waals surface area contributed by atoms with E-state index in [2.05, 4.69) is 14.8 Å². The molecule has 0 N–H and O–H groups in total. The van der Waals surface area contributed by atoms with Crippen molar-refractivity contribution in [3.8, 4) is 0 Å². The predicted molar refractivity (Wildman–Crippen MR) is 35.5 cm³/mol. The van der Waals surface area contributed by atoms with Gasteiger partial charge in [0, 0.05) is 12.3 Å². The summed E-state index contributed by atoms with van der Waals surface area (Å²) in [4.78, 5) is 4.22. The van der Waals surface area contributed by atoms with Gasteiger partial charge in [-0.3, -0.25) is 4.63 Å². The quantitative estimate of drug-likeness (QED) is 0.503. The summed E-state index contributed by atoms with van der Waals surface area (Å²) in [5, 5.41) is 14.2. The summed E-state index contributed by atoms with van der Waals surface area (Å²) in [6.07, 6.45) is 1.63. The lowest BCUT2D eigenvalue weighted by Gasteiger charge is -1.86. The molecule has 0 aromatic carbocycles. The summed E-state index contributed by atoms with van der Waals surface area (Å²) in [7, 11) is 0. The van der Waals surface area contributed by atoms with E-state index in [4.69, 9.17) is 0 Å². The molecule has 0 saturated carbocycles. The monoisotopic (exact) mass is 151 g/mol. The van der Waals surface area contributed by atoms with Crippen LogP contribution in [0.2, 0.25) is 0 Å². The predicted octanol–water partition coefficient (Wildman–Crippen LogP) is 0.165. The smallest absolute Gasteiger partial charge is 0.340 e. The molecule has 0 fully saturated rings. The van der Waals surface area contributed by atoms with Crippen LogP contribution in [0, 0.1) is 12.1 Å². The van der Waals surface area contributed by atoms with Gasteiger partial charge >= 0.3 is 5.65 Å². The van der Waals surface area contributed by atoms with Gasteiger partial charge in [-0.2, -0.15) is 0 Å². The summed E-state index contributed by atoms with van der Waals surface area (Å²) >= 11 is 0. The summed E-state index contributed by atoms with van der Waals surface area (Å²) in [5.41, 5.74) is 1.61. The van der Waals surface area contributed by atoms with Crippen molar-refractivity contribution in [2.45, 2.75) is 6.92 Å². The van der Waals surface area contributed by atoms with Crippen molar-refractivity contribution >= 4 is 11.2 Å². The third-order valence-corrected chi connectivity index (χ3v) is 1.38. The molecule has 0 saturated heterocycles. The standard InChI is InChI=1S/C6H5N3O2/c1-4-2-5-6(7-3-4)8-11-9(5)10/h2-3H,1H3. The lowest BCUT2D eigenvalue weighted by atomic mass is 10.3. The van der Waals surface area contributed by atoms with E-state index in [1.165, 1.54) is 0 Å². The zero-order valence-corrected chi connectivity index (χ0v) is 5.81. The minimum absolute atomic E-state index is 0.339. The molecule has 0 unspecified atom stereocenters. The van der Waals surface area contributed by atoms with Gasteiger partial charge in [-0.1, -0.05) is 0 Å². The van der Waals surface area contributed by atoms with Crippen LogP contribution in [0.1, 0.15) is 5.56 Å². The average molecular weight is 151 g/mol. The molecule has 5 heteroatoms. The lowest BCUT2D eigenvalue weighted by molar-refractivity contribution is -0.782. The number of rotatable bonds is 0. The first-order valence-corrected chi connectivity index (χ1v) is 3.09. The van der Waals surface area contributed by atoms with Crippen molar-refractivity contribution in [1.82, 2.24) is 10.1 Å². The molecule has 2 heterocycles. The van der Waals surface area contributed by atoms with Crippen LogP contribution in [-0.4, -0.2) is 10.1 Å². The molecule has 0 aliphatic rings. The number of fused-ring (bicyclic) bond motifs is 1. The Kier molecular flexibility index (Phi) is 1.06. The number of hydrogen-bond acceptors (Lipinski definition) is 4. The molecule has 0 atom stereocenters. The minimum Gasteiger partial charge on any atom is -0.359 e. The maximum atomic E-state index is 10.8. The first kappa shape index (κ1) is 6.09. The van der Waals surface area contributed by atoms with E-state index in [0.29, 0.717) is 16.1 Å². The van der Waals surface area contributed by atoms with Crippen molar-refractivity contribution in [3.05, 3.63) is 23.0 Å². The van der Waals surface area contributed by atoms with E-state index in [9.17, 15) is 5.21 Å². The molecule has 2 aromatic heterocycles. The molecular formula is C6H5N3O2. The highest BCUT2D eigenvalue weighted by atomic mass is 16.8. The Labute approximate surface area is 61.8 Å². The van der Waals surface area contributed by atoms with Gasteiger partial charge in [-0.15, -0.1) is 0 Å². The highest BCUT2D eigenvalue weighted by molar-refractivity contribution is 5.65. The Hall–Kier alpha value is -1.65. The van der Waals surface area contributed by atoms with Crippen LogP contribution in [0.25, 0.3) is 11.2 Å². The van der Waals surface area contributed by atoms with E-state index >= 15 is 0 Å². The van der Waals surface area contributed by atoms with Crippen LogP contribution >= 0.6 is 0 Å². The largest absolute Gasteiger partial charge is 0.359 e. The van der Waals surface area contributed by atoms with E-state index in [0.717, 1.165) is 5.56 Å². The molecule has 2 rings (SSSR count). The van der Waals surface area contributed by atoms with E-state index in [1.807, 2.05) is 6.92 Å². The van der Waals surface area contributed by atoms with Crippen molar-refractivity contribution in [3.63, 3.8) is 0 Å². The Morgan fingerprint density at radius 2 is 2.45 bits per heavy atom. The fraction of sp³-hybridized carbons (Fsp3) is 0.167. The van der Waals surface area contributed by atoms with Crippen molar-refractivity contribution in [2.75, 3.05) is 0 Å². The van der Waals surface area contributed by atoms with Crippen LogP contribution in [0.15, 0.2) is 16.9 Å². The number of nitrogens with zero attached hydrogens (tertiary/aromatic N) is 3. The van der Waals surface area contributed by atoms with Gasteiger partial charge in [-0.05, 0) is 17.4 Å². The van der Waals surface area contributed by atoms with Crippen LogP contribution < -0.4 is 4.90 Å². The fourth-order valence-corrected chi connectivity index (χ4v) is 0.871. The van der Waals surface area contributed by atoms with Gasteiger partial charge < -0.3 is 5.21 Å². The molecule has 56 valence electrons. The molecule has 5 nitrogen and oxygen atoms in total. The first-order valence-electron chi connectivity index (χ1n) is 3.09. The van der Waals surface area contributed by atoms with Crippen LogP contribution in [0.5, 0.6) is 0 Å². The molecular weight excluding hydrogens is 146 g/mol. The maximum absolute atomic E-state index is 10.8. The first-order chi connectivity index (χ1) is 5.27. The summed E-state index contributed by atoms with van der Waals surface area (Å²) in [5.74, 6) is 0. The zero-order chi connectivity index (χ0) is 7.84. The van der Waals surface area contributed by atoms with Gasteiger partial charge in [-0.25, -0.2) is 4.98 Å². The zero-order valence-electron chi connectivity index (χ0n) is 5.81. The van der Waals surface area contributed by atoms with Crippen molar-refractivity contribution < 1.29 is 9.53 Å². The molecule has 0 aliphatic carbocycles. The van der Waals surface area contributed by atoms with Gasteiger partial charge in [0.2, 0.25) is 5.52 Å². The van der Waals surface area contributed by atoms with Gasteiger partial charge in [0.15, 0.2) is 0 Å². The summed E-state index contributed by atoms with van der Waals surface area (Å²) in [6, 6.07) is 1.67. The molecule has 0 radical (unpaired) electrons. The van der Waals surface area contributed by atoms with Crippen molar-refractivity contribution in [1.29, 1.82) is 0 Å². The molecule has 0 bridgehead atoms. The normalized spacial score (nSPS) is 10.6. The van der Waals surface area contributed by atoms with Crippen LogP contribution in [-0.2, 0) is 0 Å². The summed E-state index contributed by atoms with van der Waals surface area (Å²) < 4.78 is 4.32. The number of pyridine rings is 1. The van der Waals surface area contributed by atoms with Gasteiger partial charge in [0.1, 0.15) is 0 Å². The molecule has 2 aromatic rings. The number of hydrogen-bond donors (Lipinski definition) is 0. The molecule has 0 spiro atoms.